The van der Waals surface area contributed by atoms with Crippen molar-refractivity contribution in [1.29, 1.82) is 0 Å². The predicted octanol–water partition coefficient (Wildman–Crippen LogP) is 3.79. The van der Waals surface area contributed by atoms with Crippen molar-refractivity contribution >= 4 is 17.6 Å². The van der Waals surface area contributed by atoms with Gasteiger partial charge in [-0.25, -0.2) is 22.4 Å². The molecule has 1 aliphatic carbocycles. The molecule has 13 heteroatoms. The van der Waals surface area contributed by atoms with Gasteiger partial charge in [-0.2, -0.15) is 0 Å². The Morgan fingerprint density at radius 1 is 1.07 bits per heavy atom. The van der Waals surface area contributed by atoms with Gasteiger partial charge in [0.15, 0.2) is 0 Å². The van der Waals surface area contributed by atoms with Crippen molar-refractivity contribution < 1.29 is 36.6 Å². The maximum Gasteiger partial charge on any atom is 0.315 e. The van der Waals surface area contributed by atoms with Gasteiger partial charge in [0.05, 0.1) is 13.7 Å². The van der Waals surface area contributed by atoms with Crippen molar-refractivity contribution in [1.82, 2.24) is 15.2 Å². The molecule has 3 atom stereocenters. The number of ether oxygens (including phenoxy) is 2. The number of anilines is 1. The van der Waals surface area contributed by atoms with Crippen LogP contribution in [0.15, 0.2) is 35.3 Å². The third-order valence-electron chi connectivity index (χ3n) is 7.96. The van der Waals surface area contributed by atoms with Gasteiger partial charge in [-0.15, -0.1) is 0 Å². The van der Waals surface area contributed by atoms with Gasteiger partial charge in [0.2, 0.25) is 6.43 Å². The third-order valence-corrected chi connectivity index (χ3v) is 7.96. The number of halogens is 4. The maximum absolute atomic E-state index is 15.3. The molecule has 0 radical (unpaired) electrons. The third kappa shape index (κ3) is 6.34. The number of hydrogen-bond acceptors (Lipinski definition) is 5. The summed E-state index contributed by atoms with van der Waals surface area (Å²) in [5.74, 6) is -4.70. The topological polar surface area (TPSA) is 102 Å². The quantitative estimate of drug-likeness (QED) is 0.439. The molecular formula is C28H34F4N4O5. The fourth-order valence-corrected chi connectivity index (χ4v) is 5.80. The van der Waals surface area contributed by atoms with Crippen molar-refractivity contribution in [2.75, 3.05) is 25.7 Å². The van der Waals surface area contributed by atoms with Crippen LogP contribution in [0.25, 0.3) is 0 Å². The molecule has 0 unspecified atom stereocenters. The number of carbonyl (C=O) groups excluding carboxylic acids is 2. The summed E-state index contributed by atoms with van der Waals surface area (Å²) >= 11 is 0. The molecule has 9 nitrogen and oxygen atoms in total. The zero-order chi connectivity index (χ0) is 29.8. The summed E-state index contributed by atoms with van der Waals surface area (Å²) in [4.78, 5) is 41.3. The van der Waals surface area contributed by atoms with Crippen LogP contribution in [0.5, 0.6) is 5.75 Å². The van der Waals surface area contributed by atoms with Crippen molar-refractivity contribution in [3.05, 3.63) is 58.0 Å². The van der Waals surface area contributed by atoms with Gasteiger partial charge in [0.1, 0.15) is 29.1 Å². The number of amides is 3. The summed E-state index contributed by atoms with van der Waals surface area (Å²) in [5.41, 5.74) is -0.969. The van der Waals surface area contributed by atoms with Crippen molar-refractivity contribution in [2.45, 2.75) is 69.6 Å². The van der Waals surface area contributed by atoms with Gasteiger partial charge in [-0.3, -0.25) is 9.59 Å². The molecule has 0 spiro atoms. The number of aromatic nitrogens is 1. The standard InChI is InChI=1S/C28H34F4N4O5/c1-15-22(23-19(29)13-18(41-3)14-20(23)30)24(34-28(39)33-17-8-6-16(7-9-17)25(31)32)27(38)36(15)21-5-4-10-35(26(21)37)11-12-40-2/h4-5,10,13-17,22,24-25H,6-9,11-12H2,1-3H3,(H2,33,34,39)/t15-,16?,17?,22-,24-/m0/s1. The summed E-state index contributed by atoms with van der Waals surface area (Å²) in [6.45, 7) is 1.99. The SMILES string of the molecule is COCCn1cccc(N2C(=O)[C@@H](NC(=O)NC3CCC(C(F)F)CC3)[C@H](c3c(F)cc(OC)cc3F)[C@@H]2C)c1=O. The van der Waals surface area contributed by atoms with Crippen LogP contribution in [-0.2, 0) is 16.1 Å². The summed E-state index contributed by atoms with van der Waals surface area (Å²) in [5, 5.41) is 5.26. The van der Waals surface area contributed by atoms with E-state index in [0.717, 1.165) is 17.0 Å². The molecule has 224 valence electrons. The lowest BCUT2D eigenvalue weighted by atomic mass is 9.86. The second-order valence-corrected chi connectivity index (χ2v) is 10.4. The van der Waals surface area contributed by atoms with E-state index in [0.29, 0.717) is 12.8 Å². The monoisotopic (exact) mass is 582 g/mol. The average Bonchev–Trinajstić information content (AvgIpc) is 3.16. The molecule has 2 aromatic rings. The van der Waals surface area contributed by atoms with Crippen LogP contribution in [0.1, 0.15) is 44.1 Å². The number of hydrogen-bond donors (Lipinski definition) is 2. The normalized spacial score (nSPS) is 24.5. The van der Waals surface area contributed by atoms with E-state index in [-0.39, 0.29) is 37.4 Å². The van der Waals surface area contributed by atoms with Gasteiger partial charge >= 0.3 is 6.03 Å². The number of nitrogens with one attached hydrogen (secondary N) is 2. The van der Waals surface area contributed by atoms with E-state index in [1.807, 2.05) is 0 Å². The van der Waals surface area contributed by atoms with Crippen LogP contribution in [0.2, 0.25) is 0 Å². The summed E-state index contributed by atoms with van der Waals surface area (Å²) in [7, 11) is 2.74. The lowest BCUT2D eigenvalue weighted by Gasteiger charge is -2.29. The van der Waals surface area contributed by atoms with Gasteiger partial charge in [0.25, 0.3) is 11.5 Å². The van der Waals surface area contributed by atoms with Crippen LogP contribution in [0, 0.1) is 17.6 Å². The first-order valence-corrected chi connectivity index (χ1v) is 13.5. The fourth-order valence-electron chi connectivity index (χ4n) is 5.80. The first-order chi connectivity index (χ1) is 19.6. The molecule has 2 N–H and O–H groups in total. The highest BCUT2D eigenvalue weighted by Crippen LogP contribution is 2.40. The number of urea groups is 1. The van der Waals surface area contributed by atoms with Crippen LogP contribution < -0.4 is 25.8 Å². The number of nitrogens with zero attached hydrogens (tertiary/aromatic N) is 2. The van der Waals surface area contributed by atoms with Crippen molar-refractivity contribution in [3.63, 3.8) is 0 Å². The molecule has 1 aromatic heterocycles. The molecule has 2 fully saturated rings. The van der Waals surface area contributed by atoms with Crippen LogP contribution in [0.3, 0.4) is 0 Å². The molecule has 1 saturated carbocycles. The first-order valence-electron chi connectivity index (χ1n) is 13.5. The highest BCUT2D eigenvalue weighted by molar-refractivity contribution is 6.03. The van der Waals surface area contributed by atoms with E-state index >= 15 is 8.78 Å². The van der Waals surface area contributed by atoms with E-state index < -0.39 is 71.1 Å². The maximum atomic E-state index is 15.3. The second-order valence-electron chi connectivity index (χ2n) is 10.4. The van der Waals surface area contributed by atoms with Crippen molar-refractivity contribution in [2.24, 2.45) is 5.92 Å². The van der Waals surface area contributed by atoms with E-state index in [9.17, 15) is 23.2 Å². The number of alkyl halides is 2. The van der Waals surface area contributed by atoms with Crippen LogP contribution in [-0.4, -0.2) is 61.9 Å². The fraction of sp³-hybridized carbons (Fsp3) is 0.536. The molecule has 1 aliphatic heterocycles. The molecule has 1 aromatic carbocycles. The minimum atomic E-state index is -2.43. The molecule has 3 amide bonds. The zero-order valence-electron chi connectivity index (χ0n) is 23.0. The van der Waals surface area contributed by atoms with Gasteiger partial charge < -0.3 is 29.6 Å². The van der Waals surface area contributed by atoms with E-state index in [2.05, 4.69) is 10.6 Å². The molecular weight excluding hydrogens is 548 g/mol. The summed E-state index contributed by atoms with van der Waals surface area (Å²) < 4.78 is 68.1. The number of pyridine rings is 1. The molecule has 0 bridgehead atoms. The van der Waals surface area contributed by atoms with E-state index in [1.54, 1.807) is 13.0 Å². The first kappa shape index (κ1) is 30.4. The number of carbonyl (C=O) groups is 2. The Morgan fingerprint density at radius 3 is 2.32 bits per heavy atom. The Labute approximate surface area is 234 Å². The molecule has 2 heterocycles. The molecule has 1 saturated heterocycles. The number of benzene rings is 1. The molecule has 2 aliphatic rings. The smallest absolute Gasteiger partial charge is 0.315 e. The van der Waals surface area contributed by atoms with E-state index in [4.69, 9.17) is 9.47 Å². The highest BCUT2D eigenvalue weighted by Gasteiger charge is 2.50. The Hall–Kier alpha value is -3.61. The lowest BCUT2D eigenvalue weighted by molar-refractivity contribution is -0.118. The lowest BCUT2D eigenvalue weighted by Crippen LogP contribution is -2.51. The second kappa shape index (κ2) is 12.9. The Morgan fingerprint density at radius 2 is 1.73 bits per heavy atom. The number of rotatable bonds is 9. The van der Waals surface area contributed by atoms with Crippen LogP contribution >= 0.6 is 0 Å². The Bertz CT molecular complexity index is 1290. The Balaban J connectivity index is 1.66. The molecule has 4 rings (SSSR count). The van der Waals surface area contributed by atoms with E-state index in [1.165, 1.54) is 31.0 Å². The molecule has 41 heavy (non-hydrogen) atoms. The summed E-state index contributed by atoms with van der Waals surface area (Å²) in [6, 6.07) is 1.41. The van der Waals surface area contributed by atoms with Crippen LogP contribution in [0.4, 0.5) is 28.0 Å². The average molecular weight is 583 g/mol. The highest BCUT2D eigenvalue weighted by atomic mass is 19.3. The van der Waals surface area contributed by atoms with Gasteiger partial charge in [0, 0.05) is 61.5 Å². The largest absolute Gasteiger partial charge is 0.497 e. The predicted molar refractivity (Wildman–Crippen MR) is 142 cm³/mol. The van der Waals surface area contributed by atoms with Gasteiger partial charge in [-0.05, 0) is 44.7 Å². The minimum Gasteiger partial charge on any atom is -0.497 e. The Kier molecular flexibility index (Phi) is 9.57. The zero-order valence-corrected chi connectivity index (χ0v) is 23.0. The summed E-state index contributed by atoms with van der Waals surface area (Å²) in [6.07, 6.45) is 0.246. The van der Waals surface area contributed by atoms with Gasteiger partial charge in [-0.1, -0.05) is 0 Å². The van der Waals surface area contributed by atoms with Crippen molar-refractivity contribution in [3.8, 4) is 5.75 Å². The minimum absolute atomic E-state index is 0.0181. The number of methoxy groups -OCH3 is 2.